The normalized spacial score (nSPS) is 12.4. The second kappa shape index (κ2) is 8.95. The number of anilines is 1. The van der Waals surface area contributed by atoms with Crippen molar-refractivity contribution in [3.05, 3.63) is 64.6 Å². The van der Waals surface area contributed by atoms with Crippen LogP contribution in [0.4, 0.5) is 5.69 Å². The van der Waals surface area contributed by atoms with Crippen LogP contribution in [0.25, 0.3) is 11.1 Å². The number of hydrogen-bond acceptors (Lipinski definition) is 7. The third kappa shape index (κ3) is 4.11. The van der Waals surface area contributed by atoms with Gasteiger partial charge in [-0.2, -0.15) is 0 Å². The quantitative estimate of drug-likeness (QED) is 0.431. The van der Waals surface area contributed by atoms with Crippen LogP contribution in [-0.4, -0.2) is 42.4 Å². The largest absolute Gasteiger partial charge is 0.492 e. The Morgan fingerprint density at radius 3 is 2.30 bits per heavy atom. The first-order valence-electron chi connectivity index (χ1n) is 9.71. The Morgan fingerprint density at radius 1 is 1.03 bits per heavy atom. The molecule has 0 radical (unpaired) electrons. The van der Waals surface area contributed by atoms with Crippen molar-refractivity contribution >= 4 is 37.6 Å². The Kier molecular flexibility index (Phi) is 6.22. The zero-order chi connectivity index (χ0) is 23.8. The van der Waals surface area contributed by atoms with Crippen LogP contribution in [0.5, 0.6) is 17.2 Å². The van der Waals surface area contributed by atoms with E-state index in [1.54, 1.807) is 42.5 Å². The average Bonchev–Trinajstić information content (AvgIpc) is 3.30. The van der Waals surface area contributed by atoms with Crippen LogP contribution in [0.1, 0.15) is 10.4 Å². The zero-order valence-electron chi connectivity index (χ0n) is 18.0. The molecule has 0 bridgehead atoms. The van der Waals surface area contributed by atoms with E-state index in [0.717, 1.165) is 4.47 Å². The molecule has 0 saturated carbocycles. The molecule has 0 aliphatic carbocycles. The molecule has 0 fully saturated rings. The molecule has 33 heavy (non-hydrogen) atoms. The molecule has 0 N–H and O–H groups in total. The SMILES string of the molecule is COC(=O)c1cc2c(c(OC)c1-c1ccc(N(C)S(=O)(=O)c3ccc(Br)cc3)cc1)OCO2. The predicted molar refractivity (Wildman–Crippen MR) is 126 cm³/mol. The van der Waals surface area contributed by atoms with Crippen molar-refractivity contribution in [2.24, 2.45) is 0 Å². The summed E-state index contributed by atoms with van der Waals surface area (Å²) >= 11 is 3.31. The number of carbonyl (C=O) groups excluding carboxylic acids is 1. The third-order valence-corrected chi connectivity index (χ3v) is 7.55. The van der Waals surface area contributed by atoms with Gasteiger partial charge in [0.05, 0.1) is 30.4 Å². The summed E-state index contributed by atoms with van der Waals surface area (Å²) < 4.78 is 49.4. The van der Waals surface area contributed by atoms with E-state index in [4.69, 9.17) is 18.9 Å². The van der Waals surface area contributed by atoms with Crippen LogP contribution in [0, 0.1) is 0 Å². The molecule has 1 aliphatic rings. The van der Waals surface area contributed by atoms with E-state index < -0.39 is 16.0 Å². The first-order chi connectivity index (χ1) is 15.8. The molecule has 172 valence electrons. The van der Waals surface area contributed by atoms with Gasteiger partial charge in [0, 0.05) is 17.1 Å². The molecule has 1 aliphatic heterocycles. The number of sulfonamides is 1. The van der Waals surface area contributed by atoms with E-state index in [2.05, 4.69) is 15.9 Å². The highest BCUT2D eigenvalue weighted by Gasteiger charge is 2.29. The van der Waals surface area contributed by atoms with Gasteiger partial charge in [-0.05, 0) is 48.0 Å². The number of benzene rings is 3. The minimum absolute atomic E-state index is 0.00735. The number of nitrogens with zero attached hydrogens (tertiary/aromatic N) is 1. The maximum absolute atomic E-state index is 13.0. The zero-order valence-corrected chi connectivity index (χ0v) is 20.4. The van der Waals surface area contributed by atoms with Gasteiger partial charge in [0.15, 0.2) is 11.5 Å². The van der Waals surface area contributed by atoms with Gasteiger partial charge in [0.1, 0.15) is 0 Å². The van der Waals surface area contributed by atoms with Crippen molar-refractivity contribution in [1.29, 1.82) is 0 Å². The fraction of sp³-hybridized carbons (Fsp3) is 0.174. The van der Waals surface area contributed by atoms with Gasteiger partial charge in [-0.25, -0.2) is 13.2 Å². The highest BCUT2D eigenvalue weighted by Crippen LogP contribution is 2.49. The topological polar surface area (TPSA) is 91.4 Å². The van der Waals surface area contributed by atoms with Crippen LogP contribution < -0.4 is 18.5 Å². The van der Waals surface area contributed by atoms with E-state index in [1.807, 2.05) is 0 Å². The molecule has 4 rings (SSSR count). The monoisotopic (exact) mass is 533 g/mol. The minimum atomic E-state index is -3.76. The Hall–Kier alpha value is -3.24. The molecule has 8 nitrogen and oxygen atoms in total. The van der Waals surface area contributed by atoms with Crippen LogP contribution >= 0.6 is 15.9 Å². The maximum Gasteiger partial charge on any atom is 0.338 e. The lowest BCUT2D eigenvalue weighted by Crippen LogP contribution is -2.26. The molecule has 0 unspecified atom stereocenters. The number of methoxy groups -OCH3 is 2. The van der Waals surface area contributed by atoms with E-state index in [0.29, 0.717) is 34.1 Å². The third-order valence-electron chi connectivity index (χ3n) is 5.22. The highest BCUT2D eigenvalue weighted by atomic mass is 79.9. The van der Waals surface area contributed by atoms with E-state index >= 15 is 0 Å². The number of fused-ring (bicyclic) bond motifs is 1. The predicted octanol–water partition coefficient (Wildman–Crippen LogP) is 4.47. The smallest absolute Gasteiger partial charge is 0.338 e. The second-order valence-corrected chi connectivity index (χ2v) is 9.92. The molecule has 3 aromatic rings. The lowest BCUT2D eigenvalue weighted by Gasteiger charge is -2.20. The number of rotatable bonds is 6. The second-order valence-electron chi connectivity index (χ2n) is 7.03. The van der Waals surface area contributed by atoms with Gasteiger partial charge in [-0.15, -0.1) is 0 Å². The minimum Gasteiger partial charge on any atom is -0.492 e. The van der Waals surface area contributed by atoms with Gasteiger partial charge in [-0.3, -0.25) is 4.31 Å². The van der Waals surface area contributed by atoms with Gasteiger partial charge < -0.3 is 18.9 Å². The summed E-state index contributed by atoms with van der Waals surface area (Å²) in [7, 11) is 0.477. The molecule has 10 heteroatoms. The molecule has 0 amide bonds. The highest BCUT2D eigenvalue weighted by molar-refractivity contribution is 9.10. The van der Waals surface area contributed by atoms with Gasteiger partial charge in [0.25, 0.3) is 10.0 Å². The van der Waals surface area contributed by atoms with Crippen LogP contribution in [0.3, 0.4) is 0 Å². The molecule has 1 heterocycles. The van der Waals surface area contributed by atoms with Crippen molar-refractivity contribution in [3.8, 4) is 28.4 Å². The summed E-state index contributed by atoms with van der Waals surface area (Å²) in [6.45, 7) is 0.00735. The Bertz CT molecular complexity index is 1310. The lowest BCUT2D eigenvalue weighted by molar-refractivity contribution is 0.0601. The molecule has 0 atom stereocenters. The van der Waals surface area contributed by atoms with E-state index in [1.165, 1.54) is 37.7 Å². The van der Waals surface area contributed by atoms with Gasteiger partial charge in [0.2, 0.25) is 12.5 Å². The van der Waals surface area contributed by atoms with Crippen LogP contribution in [0.15, 0.2) is 64.0 Å². The summed E-state index contributed by atoms with van der Waals surface area (Å²) in [5.74, 6) is 0.529. The Morgan fingerprint density at radius 2 is 1.70 bits per heavy atom. The van der Waals surface area contributed by atoms with E-state index in [-0.39, 0.29) is 17.3 Å². The van der Waals surface area contributed by atoms with Gasteiger partial charge in [-0.1, -0.05) is 28.1 Å². The number of halogens is 1. The molecular weight excluding hydrogens is 514 g/mol. The summed E-state index contributed by atoms with van der Waals surface area (Å²) in [5, 5.41) is 0. The molecule has 0 spiro atoms. The Balaban J connectivity index is 1.76. The number of ether oxygens (including phenoxy) is 4. The van der Waals surface area contributed by atoms with Crippen LogP contribution in [0.2, 0.25) is 0 Å². The van der Waals surface area contributed by atoms with Crippen molar-refractivity contribution < 1.29 is 32.2 Å². The van der Waals surface area contributed by atoms with Crippen LogP contribution in [-0.2, 0) is 14.8 Å². The lowest BCUT2D eigenvalue weighted by atomic mass is 9.97. The van der Waals surface area contributed by atoms with Crippen molar-refractivity contribution in [1.82, 2.24) is 0 Å². The first-order valence-corrected chi connectivity index (χ1v) is 11.9. The molecule has 3 aromatic carbocycles. The summed E-state index contributed by atoms with van der Waals surface area (Å²) in [5.41, 5.74) is 1.76. The summed E-state index contributed by atoms with van der Waals surface area (Å²) in [4.78, 5) is 12.7. The van der Waals surface area contributed by atoms with Crippen molar-refractivity contribution in [2.75, 3.05) is 32.4 Å². The number of hydrogen-bond donors (Lipinski definition) is 0. The van der Waals surface area contributed by atoms with Crippen molar-refractivity contribution in [2.45, 2.75) is 4.90 Å². The standard InChI is InChI=1S/C23H20BrNO7S/c1-25(33(27,28)17-10-6-15(24)7-11-17)16-8-4-14(5-9-16)20-18(23(26)30-3)12-19-21(22(20)29-2)32-13-31-19/h4-12H,13H2,1-3H3. The van der Waals surface area contributed by atoms with Gasteiger partial charge >= 0.3 is 5.97 Å². The molecule has 0 saturated heterocycles. The fourth-order valence-corrected chi connectivity index (χ4v) is 4.97. The number of carbonyl (C=O) groups is 1. The Labute approximate surface area is 199 Å². The molecular formula is C23H20BrNO7S. The van der Waals surface area contributed by atoms with Crippen molar-refractivity contribution in [3.63, 3.8) is 0 Å². The average molecular weight is 534 g/mol. The summed E-state index contributed by atoms with van der Waals surface area (Å²) in [6.07, 6.45) is 0. The maximum atomic E-state index is 13.0. The molecule has 0 aromatic heterocycles. The summed E-state index contributed by atoms with van der Waals surface area (Å²) in [6, 6.07) is 14.7. The van der Waals surface area contributed by atoms with E-state index in [9.17, 15) is 13.2 Å². The first kappa shape index (κ1) is 22.9. The fourth-order valence-electron chi connectivity index (χ4n) is 3.51. The number of esters is 1.